The zero-order chi connectivity index (χ0) is 18.8. The Kier molecular flexibility index (Phi) is 4.07. The molecule has 2 heterocycles. The maximum absolute atomic E-state index is 6.12. The lowest BCUT2D eigenvalue weighted by Crippen LogP contribution is -1.83. The maximum Gasteiger partial charge on any atom is 0.265 e. The Bertz CT molecular complexity index is 1190. The summed E-state index contributed by atoms with van der Waals surface area (Å²) in [6.45, 7) is 0. The Morgan fingerprint density at radius 3 is 1.75 bits per heavy atom. The normalized spacial score (nSPS) is 10.9. The summed E-state index contributed by atoms with van der Waals surface area (Å²) in [5.41, 5.74) is 4.30. The molecule has 5 aromatic rings. The highest BCUT2D eigenvalue weighted by molar-refractivity contribution is 5.76. The van der Waals surface area contributed by atoms with Gasteiger partial charge in [0.1, 0.15) is 17.7 Å². The first-order valence-electron chi connectivity index (χ1n) is 9.01. The molecule has 28 heavy (non-hydrogen) atoms. The molecule has 0 aliphatic carbocycles. The summed E-state index contributed by atoms with van der Waals surface area (Å²) in [6, 6.07) is 29.6. The zero-order valence-electron chi connectivity index (χ0n) is 14.9. The molecule has 0 unspecified atom stereocenters. The topological polar surface area (TPSA) is 52.1 Å². The lowest BCUT2D eigenvalue weighted by Gasteiger charge is -1.97. The maximum atomic E-state index is 6.12. The molecule has 134 valence electrons. The smallest absolute Gasteiger partial charge is 0.265 e. The molecular formula is C24H16N2O2. The number of nitrogens with zero attached hydrogens (tertiary/aromatic N) is 2. The second-order valence-corrected chi connectivity index (χ2v) is 6.33. The second kappa shape index (κ2) is 7.00. The molecule has 3 aromatic carbocycles. The van der Waals surface area contributed by atoms with Crippen LogP contribution in [0.2, 0.25) is 0 Å². The van der Waals surface area contributed by atoms with Crippen LogP contribution in [-0.4, -0.2) is 9.97 Å². The van der Waals surface area contributed by atoms with Crippen LogP contribution in [0.4, 0.5) is 0 Å². The SMILES string of the molecule is c1ccc(-c2coc(-c3oc(-c4ccccc4)nc3-c3ccccc3)n2)cc1. The molecule has 0 saturated carbocycles. The molecule has 0 bridgehead atoms. The first-order valence-corrected chi connectivity index (χ1v) is 9.01. The summed E-state index contributed by atoms with van der Waals surface area (Å²) < 4.78 is 11.9. The Hall–Kier alpha value is -3.92. The number of oxazole rings is 2. The lowest BCUT2D eigenvalue weighted by molar-refractivity contribution is 0.522. The van der Waals surface area contributed by atoms with Gasteiger partial charge in [0, 0.05) is 16.7 Å². The molecule has 0 aliphatic heterocycles. The quantitative estimate of drug-likeness (QED) is 0.374. The van der Waals surface area contributed by atoms with Gasteiger partial charge in [-0.15, -0.1) is 0 Å². The Morgan fingerprint density at radius 2 is 1.11 bits per heavy atom. The first kappa shape index (κ1) is 16.3. The van der Waals surface area contributed by atoms with Crippen LogP contribution in [-0.2, 0) is 0 Å². The Labute approximate surface area is 162 Å². The van der Waals surface area contributed by atoms with Gasteiger partial charge < -0.3 is 8.83 Å². The van der Waals surface area contributed by atoms with Crippen molar-refractivity contribution in [2.75, 3.05) is 0 Å². The van der Waals surface area contributed by atoms with Crippen LogP contribution in [0.15, 0.2) is 106 Å². The van der Waals surface area contributed by atoms with Crippen LogP contribution < -0.4 is 0 Å². The van der Waals surface area contributed by atoms with E-state index in [1.807, 2.05) is 91.0 Å². The Morgan fingerprint density at radius 1 is 0.536 bits per heavy atom. The number of aromatic nitrogens is 2. The van der Waals surface area contributed by atoms with E-state index in [9.17, 15) is 0 Å². The second-order valence-electron chi connectivity index (χ2n) is 6.33. The molecular weight excluding hydrogens is 348 g/mol. The number of rotatable bonds is 4. The largest absolute Gasteiger partial charge is 0.441 e. The van der Waals surface area contributed by atoms with Gasteiger partial charge in [0.2, 0.25) is 11.7 Å². The Balaban J connectivity index is 1.64. The van der Waals surface area contributed by atoms with E-state index in [-0.39, 0.29) is 0 Å². The third kappa shape index (κ3) is 3.01. The molecule has 0 aliphatic rings. The average molecular weight is 364 g/mol. The van der Waals surface area contributed by atoms with Crippen LogP contribution in [0, 0.1) is 0 Å². The molecule has 0 amide bonds. The van der Waals surface area contributed by atoms with Crippen LogP contribution in [0.5, 0.6) is 0 Å². The van der Waals surface area contributed by atoms with Gasteiger partial charge in [-0.25, -0.2) is 9.97 Å². The molecule has 2 aromatic heterocycles. The highest BCUT2D eigenvalue weighted by atomic mass is 16.4. The molecule has 0 spiro atoms. The minimum Gasteiger partial charge on any atom is -0.441 e. The van der Waals surface area contributed by atoms with Crippen molar-refractivity contribution in [1.29, 1.82) is 0 Å². The van der Waals surface area contributed by atoms with Crippen molar-refractivity contribution in [2.24, 2.45) is 0 Å². The summed E-state index contributed by atoms with van der Waals surface area (Å²) in [4.78, 5) is 9.39. The van der Waals surface area contributed by atoms with E-state index < -0.39 is 0 Å². The minimum absolute atomic E-state index is 0.410. The summed E-state index contributed by atoms with van der Waals surface area (Å²) in [7, 11) is 0. The molecule has 5 rings (SSSR count). The molecule has 0 fully saturated rings. The zero-order valence-corrected chi connectivity index (χ0v) is 14.9. The van der Waals surface area contributed by atoms with Crippen molar-refractivity contribution in [3.05, 3.63) is 97.3 Å². The van der Waals surface area contributed by atoms with Gasteiger partial charge in [-0.05, 0) is 12.1 Å². The third-order valence-corrected chi connectivity index (χ3v) is 4.46. The minimum atomic E-state index is 0.410. The van der Waals surface area contributed by atoms with Crippen molar-refractivity contribution < 1.29 is 8.83 Å². The number of hydrogen-bond acceptors (Lipinski definition) is 4. The monoisotopic (exact) mass is 364 g/mol. The number of benzene rings is 3. The van der Waals surface area contributed by atoms with Gasteiger partial charge in [0.25, 0.3) is 5.89 Å². The molecule has 0 atom stereocenters. The van der Waals surface area contributed by atoms with Gasteiger partial charge in [0.05, 0.1) is 0 Å². The van der Waals surface area contributed by atoms with Gasteiger partial charge in [0.15, 0.2) is 0 Å². The van der Waals surface area contributed by atoms with Crippen molar-refractivity contribution in [2.45, 2.75) is 0 Å². The number of hydrogen-bond donors (Lipinski definition) is 0. The van der Waals surface area contributed by atoms with E-state index in [0.29, 0.717) is 23.2 Å². The van der Waals surface area contributed by atoms with Crippen LogP contribution in [0.1, 0.15) is 0 Å². The predicted octanol–water partition coefficient (Wildman–Crippen LogP) is 6.33. The van der Waals surface area contributed by atoms with E-state index in [4.69, 9.17) is 13.8 Å². The van der Waals surface area contributed by atoms with Crippen molar-refractivity contribution in [1.82, 2.24) is 9.97 Å². The molecule has 0 saturated heterocycles. The van der Waals surface area contributed by atoms with Crippen molar-refractivity contribution in [3.8, 4) is 45.6 Å². The molecule has 4 nitrogen and oxygen atoms in total. The fraction of sp³-hybridized carbons (Fsp3) is 0. The van der Waals surface area contributed by atoms with E-state index in [1.165, 1.54) is 0 Å². The fourth-order valence-corrected chi connectivity index (χ4v) is 3.08. The molecule has 4 heteroatoms. The highest BCUT2D eigenvalue weighted by Gasteiger charge is 2.22. The summed E-state index contributed by atoms with van der Waals surface area (Å²) in [6.07, 6.45) is 1.64. The van der Waals surface area contributed by atoms with E-state index in [0.717, 1.165) is 22.4 Å². The fourth-order valence-electron chi connectivity index (χ4n) is 3.08. The average Bonchev–Trinajstić information content (AvgIpc) is 3.43. The molecule has 0 radical (unpaired) electrons. The van der Waals surface area contributed by atoms with E-state index >= 15 is 0 Å². The van der Waals surface area contributed by atoms with Crippen LogP contribution in [0.25, 0.3) is 45.6 Å². The van der Waals surface area contributed by atoms with Crippen molar-refractivity contribution in [3.63, 3.8) is 0 Å². The van der Waals surface area contributed by atoms with Gasteiger partial charge in [-0.3, -0.25) is 0 Å². The standard InChI is InChI=1S/C24H16N2O2/c1-4-10-17(11-5-1)20-16-27-24(25-20)22-21(18-12-6-2-7-13-18)26-23(28-22)19-14-8-3-9-15-19/h1-16H. The van der Waals surface area contributed by atoms with Crippen LogP contribution in [0.3, 0.4) is 0 Å². The van der Waals surface area contributed by atoms with Gasteiger partial charge in [-0.2, -0.15) is 0 Å². The van der Waals surface area contributed by atoms with E-state index in [1.54, 1.807) is 6.26 Å². The van der Waals surface area contributed by atoms with Gasteiger partial charge in [-0.1, -0.05) is 78.9 Å². The van der Waals surface area contributed by atoms with Gasteiger partial charge >= 0.3 is 0 Å². The summed E-state index contributed by atoms with van der Waals surface area (Å²) in [5.74, 6) is 1.47. The summed E-state index contributed by atoms with van der Waals surface area (Å²) >= 11 is 0. The predicted molar refractivity (Wildman–Crippen MR) is 108 cm³/mol. The third-order valence-electron chi connectivity index (χ3n) is 4.46. The molecule has 0 N–H and O–H groups in total. The summed E-state index contributed by atoms with van der Waals surface area (Å²) in [5, 5.41) is 0. The lowest BCUT2D eigenvalue weighted by atomic mass is 10.1. The van der Waals surface area contributed by atoms with Crippen LogP contribution >= 0.6 is 0 Å². The highest BCUT2D eigenvalue weighted by Crippen LogP contribution is 2.36. The first-order chi connectivity index (χ1) is 13.9. The van der Waals surface area contributed by atoms with E-state index in [2.05, 4.69) is 4.98 Å². The van der Waals surface area contributed by atoms with Crippen molar-refractivity contribution >= 4 is 0 Å².